The zero-order chi connectivity index (χ0) is 24.1. The minimum Gasteiger partial charge on any atom is -0.497 e. The summed E-state index contributed by atoms with van der Waals surface area (Å²) in [6.45, 7) is 0. The molecular weight excluding hydrogens is 518 g/mol. The summed E-state index contributed by atoms with van der Waals surface area (Å²) < 4.78 is 6.24. The van der Waals surface area contributed by atoms with Crippen molar-refractivity contribution in [1.29, 1.82) is 0 Å². The Hall–Kier alpha value is -3.16. The second kappa shape index (κ2) is 10.8. The van der Waals surface area contributed by atoms with Crippen LogP contribution in [0.3, 0.4) is 0 Å². The first kappa shape index (κ1) is 24.0. The van der Waals surface area contributed by atoms with Gasteiger partial charge in [0.05, 0.1) is 18.9 Å². The van der Waals surface area contributed by atoms with Gasteiger partial charge in [0.15, 0.2) is 0 Å². The lowest BCUT2D eigenvalue weighted by atomic mass is 9.98. The number of methoxy groups -OCH3 is 1. The van der Waals surface area contributed by atoms with Gasteiger partial charge in [-0.15, -0.1) is 0 Å². The molecule has 0 bridgehead atoms. The van der Waals surface area contributed by atoms with Crippen molar-refractivity contribution in [3.05, 3.63) is 93.4 Å². The second-order valence-electron chi connectivity index (χ2n) is 7.84. The number of ether oxygens (including phenoxy) is 1. The molecule has 0 spiro atoms. The number of halogens is 2. The molecule has 0 saturated heterocycles. The SMILES string of the molecule is COc1ccc([C@H]2CC(c3ccc(Br)cc3)=NN2C(=O)CCC(=O)Nc2ccc(Cl)cc2)cc1. The van der Waals surface area contributed by atoms with Gasteiger partial charge in [0.2, 0.25) is 11.8 Å². The van der Waals surface area contributed by atoms with Crippen molar-refractivity contribution in [2.24, 2.45) is 5.10 Å². The van der Waals surface area contributed by atoms with E-state index in [0.29, 0.717) is 17.1 Å². The molecule has 174 valence electrons. The number of carbonyl (C=O) groups is 2. The van der Waals surface area contributed by atoms with E-state index in [9.17, 15) is 9.59 Å². The summed E-state index contributed by atoms with van der Waals surface area (Å²) in [6.07, 6.45) is 0.677. The molecule has 1 aliphatic heterocycles. The van der Waals surface area contributed by atoms with Gasteiger partial charge in [-0.3, -0.25) is 9.59 Å². The zero-order valence-corrected chi connectivity index (χ0v) is 20.8. The lowest BCUT2D eigenvalue weighted by Crippen LogP contribution is -2.28. The highest BCUT2D eigenvalue weighted by atomic mass is 79.9. The van der Waals surface area contributed by atoms with Crippen LogP contribution in [0.5, 0.6) is 5.75 Å². The molecule has 0 aromatic heterocycles. The number of rotatable bonds is 7. The maximum absolute atomic E-state index is 13.2. The molecule has 34 heavy (non-hydrogen) atoms. The molecule has 0 radical (unpaired) electrons. The molecule has 8 heteroatoms. The number of nitrogens with one attached hydrogen (secondary N) is 1. The third-order valence-corrected chi connectivity index (χ3v) is 6.32. The lowest BCUT2D eigenvalue weighted by molar-refractivity contribution is -0.134. The molecule has 0 fully saturated rings. The Kier molecular flexibility index (Phi) is 7.65. The maximum Gasteiger partial charge on any atom is 0.243 e. The Balaban J connectivity index is 1.49. The molecule has 0 saturated carbocycles. The highest BCUT2D eigenvalue weighted by Crippen LogP contribution is 2.34. The van der Waals surface area contributed by atoms with Gasteiger partial charge in [-0.25, -0.2) is 5.01 Å². The summed E-state index contributed by atoms with van der Waals surface area (Å²) >= 11 is 9.34. The second-order valence-corrected chi connectivity index (χ2v) is 9.19. The quantitative estimate of drug-likeness (QED) is 0.387. The molecule has 0 aliphatic carbocycles. The van der Waals surface area contributed by atoms with Crippen molar-refractivity contribution in [1.82, 2.24) is 5.01 Å². The summed E-state index contributed by atoms with van der Waals surface area (Å²) in [6, 6.07) is 22.1. The minimum atomic E-state index is -0.253. The fourth-order valence-electron chi connectivity index (χ4n) is 3.73. The van der Waals surface area contributed by atoms with Crippen LogP contribution in [0.15, 0.2) is 82.4 Å². The van der Waals surface area contributed by atoms with E-state index in [0.717, 1.165) is 27.1 Å². The van der Waals surface area contributed by atoms with Crippen LogP contribution < -0.4 is 10.1 Å². The predicted octanol–water partition coefficient (Wildman–Crippen LogP) is 6.21. The predicted molar refractivity (Wildman–Crippen MR) is 137 cm³/mol. The van der Waals surface area contributed by atoms with Crippen molar-refractivity contribution in [2.45, 2.75) is 25.3 Å². The van der Waals surface area contributed by atoms with Crippen molar-refractivity contribution in [3.8, 4) is 5.75 Å². The standard InChI is InChI=1S/C26H23BrClN3O3/c1-34-22-12-4-18(5-13-22)24-16-23(17-2-6-19(27)7-3-17)30-31(24)26(33)15-14-25(32)29-21-10-8-20(28)9-11-21/h2-13,24H,14-16H2,1H3,(H,29,32)/t24-/m1/s1. The van der Waals surface area contributed by atoms with Crippen LogP contribution >= 0.6 is 27.5 Å². The number of anilines is 1. The van der Waals surface area contributed by atoms with Gasteiger partial charge in [0.1, 0.15) is 5.75 Å². The number of amides is 2. The average molecular weight is 541 g/mol. The number of carbonyl (C=O) groups excluding carboxylic acids is 2. The van der Waals surface area contributed by atoms with Crippen molar-refractivity contribution in [3.63, 3.8) is 0 Å². The first-order chi connectivity index (χ1) is 16.4. The van der Waals surface area contributed by atoms with Crippen LogP contribution in [-0.2, 0) is 9.59 Å². The molecule has 1 N–H and O–H groups in total. The molecule has 1 heterocycles. The van der Waals surface area contributed by atoms with Gasteiger partial charge in [0.25, 0.3) is 0 Å². The highest BCUT2D eigenvalue weighted by molar-refractivity contribution is 9.10. The number of hydrogen-bond donors (Lipinski definition) is 1. The number of nitrogens with zero attached hydrogens (tertiary/aromatic N) is 2. The van der Waals surface area contributed by atoms with Gasteiger partial charge in [-0.05, 0) is 59.7 Å². The lowest BCUT2D eigenvalue weighted by Gasteiger charge is -2.22. The average Bonchev–Trinajstić information content (AvgIpc) is 3.30. The normalized spacial score (nSPS) is 15.1. The fourth-order valence-corrected chi connectivity index (χ4v) is 4.12. The summed E-state index contributed by atoms with van der Waals surface area (Å²) in [5.74, 6) is 0.291. The molecule has 1 aliphatic rings. The fraction of sp³-hybridized carbons (Fsp3) is 0.192. The molecule has 2 amide bonds. The number of hydrazone groups is 1. The van der Waals surface area contributed by atoms with Crippen molar-refractivity contribution < 1.29 is 14.3 Å². The van der Waals surface area contributed by atoms with Crippen LogP contribution in [0, 0.1) is 0 Å². The molecule has 4 rings (SSSR count). The molecular formula is C26H23BrClN3O3. The van der Waals surface area contributed by atoms with Crippen LogP contribution in [0.4, 0.5) is 5.69 Å². The molecule has 3 aromatic carbocycles. The van der Waals surface area contributed by atoms with Crippen molar-refractivity contribution >= 4 is 50.7 Å². The monoisotopic (exact) mass is 539 g/mol. The van der Waals surface area contributed by atoms with E-state index in [-0.39, 0.29) is 30.7 Å². The zero-order valence-electron chi connectivity index (χ0n) is 18.5. The third-order valence-electron chi connectivity index (χ3n) is 5.54. The van der Waals surface area contributed by atoms with E-state index in [2.05, 4.69) is 26.3 Å². The largest absolute Gasteiger partial charge is 0.497 e. The first-order valence-corrected chi connectivity index (χ1v) is 11.9. The summed E-state index contributed by atoms with van der Waals surface area (Å²) in [4.78, 5) is 25.6. The topological polar surface area (TPSA) is 71.0 Å². The van der Waals surface area contributed by atoms with Gasteiger partial charge in [-0.1, -0.05) is 51.8 Å². The minimum absolute atomic E-state index is 0.0448. The van der Waals surface area contributed by atoms with Crippen LogP contribution in [0.25, 0.3) is 0 Å². The Bertz CT molecular complexity index is 1200. The van der Waals surface area contributed by atoms with E-state index in [1.165, 1.54) is 5.01 Å². The van der Waals surface area contributed by atoms with Gasteiger partial charge < -0.3 is 10.1 Å². The van der Waals surface area contributed by atoms with E-state index in [1.807, 2.05) is 48.5 Å². The third kappa shape index (κ3) is 5.85. The Morgan fingerprint density at radius 1 is 1.03 bits per heavy atom. The van der Waals surface area contributed by atoms with E-state index in [4.69, 9.17) is 16.3 Å². The van der Waals surface area contributed by atoms with Gasteiger partial charge >= 0.3 is 0 Å². The van der Waals surface area contributed by atoms with E-state index in [1.54, 1.807) is 31.4 Å². The summed E-state index contributed by atoms with van der Waals surface area (Å²) in [5.41, 5.74) is 3.37. The smallest absolute Gasteiger partial charge is 0.243 e. The highest BCUT2D eigenvalue weighted by Gasteiger charge is 2.33. The maximum atomic E-state index is 13.2. The van der Waals surface area contributed by atoms with E-state index < -0.39 is 0 Å². The Morgan fingerprint density at radius 3 is 2.35 bits per heavy atom. The molecule has 1 atom stereocenters. The molecule has 3 aromatic rings. The van der Waals surface area contributed by atoms with Gasteiger partial charge in [-0.2, -0.15) is 5.10 Å². The molecule has 6 nitrogen and oxygen atoms in total. The molecule has 0 unspecified atom stereocenters. The van der Waals surface area contributed by atoms with Gasteiger partial charge in [0, 0.05) is 34.4 Å². The van der Waals surface area contributed by atoms with Crippen LogP contribution in [-0.4, -0.2) is 29.6 Å². The van der Waals surface area contributed by atoms with Crippen LogP contribution in [0.1, 0.15) is 36.4 Å². The summed E-state index contributed by atoms with van der Waals surface area (Å²) in [7, 11) is 1.62. The first-order valence-electron chi connectivity index (χ1n) is 10.8. The number of hydrogen-bond acceptors (Lipinski definition) is 4. The van der Waals surface area contributed by atoms with Crippen LogP contribution in [0.2, 0.25) is 5.02 Å². The van der Waals surface area contributed by atoms with E-state index >= 15 is 0 Å². The van der Waals surface area contributed by atoms with Crippen molar-refractivity contribution in [2.75, 3.05) is 12.4 Å². The Morgan fingerprint density at radius 2 is 1.71 bits per heavy atom. The number of benzene rings is 3. The summed E-state index contributed by atoms with van der Waals surface area (Å²) in [5, 5.41) is 9.55. The Labute approximate surface area is 211 Å².